The van der Waals surface area contributed by atoms with Crippen LogP contribution in [0, 0.1) is 6.92 Å². The summed E-state index contributed by atoms with van der Waals surface area (Å²) in [6.45, 7) is 4.03. The van der Waals surface area contributed by atoms with Crippen molar-refractivity contribution < 1.29 is 4.79 Å². The number of primary amides is 1. The molecular weight excluding hydrogens is 238 g/mol. The number of aryl methyl sites for hydroxylation is 1. The maximum absolute atomic E-state index is 11.3. The Labute approximate surface area is 115 Å². The summed E-state index contributed by atoms with van der Waals surface area (Å²) in [7, 11) is 1.99. The molecule has 1 aromatic rings. The van der Waals surface area contributed by atoms with Crippen molar-refractivity contribution in [1.29, 1.82) is 0 Å². The Hall–Kier alpha value is -1.55. The summed E-state index contributed by atoms with van der Waals surface area (Å²) in [5.74, 6) is -0.352. The minimum atomic E-state index is -0.352. The van der Waals surface area contributed by atoms with Gasteiger partial charge in [-0.25, -0.2) is 0 Å². The molecule has 1 aliphatic heterocycles. The van der Waals surface area contributed by atoms with Crippen LogP contribution in [-0.4, -0.2) is 32.1 Å². The zero-order valence-electron chi connectivity index (χ0n) is 11.8. The Bertz CT molecular complexity index is 457. The zero-order valence-corrected chi connectivity index (χ0v) is 11.8. The van der Waals surface area contributed by atoms with Crippen molar-refractivity contribution in [3.05, 3.63) is 29.3 Å². The topological polar surface area (TPSA) is 58.4 Å². The molecule has 1 unspecified atom stereocenters. The van der Waals surface area contributed by atoms with Gasteiger partial charge >= 0.3 is 0 Å². The van der Waals surface area contributed by atoms with Crippen LogP contribution >= 0.6 is 0 Å². The number of hydrogen-bond acceptors (Lipinski definition) is 3. The fourth-order valence-electron chi connectivity index (χ4n) is 2.89. The number of nitrogens with zero attached hydrogens (tertiary/aromatic N) is 1. The summed E-state index contributed by atoms with van der Waals surface area (Å²) in [5, 5.41) is 3.27. The number of nitrogens with one attached hydrogen (secondary N) is 1. The molecule has 1 heterocycles. The van der Waals surface area contributed by atoms with Crippen molar-refractivity contribution in [3.8, 4) is 0 Å². The van der Waals surface area contributed by atoms with E-state index in [1.807, 2.05) is 26.1 Å². The third kappa shape index (κ3) is 3.07. The molecule has 0 bridgehead atoms. The van der Waals surface area contributed by atoms with E-state index in [0.717, 1.165) is 18.7 Å². The van der Waals surface area contributed by atoms with Gasteiger partial charge in [0.2, 0.25) is 5.91 Å². The molecule has 0 radical (unpaired) electrons. The molecule has 1 fully saturated rings. The average Bonchev–Trinajstić information content (AvgIpc) is 2.39. The third-order valence-corrected chi connectivity index (χ3v) is 3.87. The van der Waals surface area contributed by atoms with Crippen molar-refractivity contribution in [2.45, 2.75) is 32.2 Å². The molecule has 1 aliphatic rings. The molecular formula is C15H23N3O. The van der Waals surface area contributed by atoms with Gasteiger partial charge in [0, 0.05) is 30.4 Å². The lowest BCUT2D eigenvalue weighted by molar-refractivity contribution is 0.1000. The minimum Gasteiger partial charge on any atom is -0.367 e. The SMILES string of the molecule is CNCC1CCCCN1c1ccc(C(N)=O)c(C)c1. The quantitative estimate of drug-likeness (QED) is 0.867. The van der Waals surface area contributed by atoms with Crippen molar-refractivity contribution in [3.63, 3.8) is 0 Å². The van der Waals surface area contributed by atoms with E-state index >= 15 is 0 Å². The van der Waals surface area contributed by atoms with E-state index < -0.39 is 0 Å². The van der Waals surface area contributed by atoms with Gasteiger partial charge < -0.3 is 16.0 Å². The number of likely N-dealkylation sites (N-methyl/N-ethyl adjacent to an activating group) is 1. The van der Waals surface area contributed by atoms with Crippen molar-refractivity contribution in [2.24, 2.45) is 5.73 Å². The predicted molar refractivity (Wildman–Crippen MR) is 78.6 cm³/mol. The number of hydrogen-bond donors (Lipinski definition) is 2. The highest BCUT2D eigenvalue weighted by Gasteiger charge is 2.22. The Morgan fingerprint density at radius 1 is 1.47 bits per heavy atom. The van der Waals surface area contributed by atoms with E-state index in [4.69, 9.17) is 5.73 Å². The van der Waals surface area contributed by atoms with E-state index in [-0.39, 0.29) is 5.91 Å². The number of piperidine rings is 1. The predicted octanol–water partition coefficient (Wildman–Crippen LogP) is 1.67. The van der Waals surface area contributed by atoms with Crippen LogP contribution in [0.5, 0.6) is 0 Å². The lowest BCUT2D eigenvalue weighted by Crippen LogP contribution is -2.45. The van der Waals surface area contributed by atoms with Gasteiger partial charge in [0.1, 0.15) is 0 Å². The molecule has 1 aromatic carbocycles. The molecule has 2 rings (SSSR count). The number of anilines is 1. The van der Waals surface area contributed by atoms with E-state index in [1.54, 1.807) is 0 Å². The maximum atomic E-state index is 11.3. The molecule has 0 aromatic heterocycles. The minimum absolute atomic E-state index is 0.352. The van der Waals surface area contributed by atoms with Crippen LogP contribution in [0.15, 0.2) is 18.2 Å². The van der Waals surface area contributed by atoms with Gasteiger partial charge in [0.15, 0.2) is 0 Å². The van der Waals surface area contributed by atoms with E-state index in [9.17, 15) is 4.79 Å². The second kappa shape index (κ2) is 6.06. The Balaban J connectivity index is 2.24. The van der Waals surface area contributed by atoms with Gasteiger partial charge in [-0.2, -0.15) is 0 Å². The highest BCUT2D eigenvalue weighted by atomic mass is 16.1. The normalized spacial score (nSPS) is 19.5. The smallest absolute Gasteiger partial charge is 0.248 e. The van der Waals surface area contributed by atoms with Crippen molar-refractivity contribution >= 4 is 11.6 Å². The third-order valence-electron chi connectivity index (χ3n) is 3.87. The zero-order chi connectivity index (χ0) is 13.8. The van der Waals surface area contributed by atoms with Gasteiger partial charge in [-0.05, 0) is 57.0 Å². The molecule has 0 saturated carbocycles. The van der Waals surface area contributed by atoms with Crippen LogP contribution in [0.4, 0.5) is 5.69 Å². The molecule has 0 aliphatic carbocycles. The highest BCUT2D eigenvalue weighted by molar-refractivity contribution is 5.94. The van der Waals surface area contributed by atoms with E-state index in [2.05, 4.69) is 16.3 Å². The summed E-state index contributed by atoms with van der Waals surface area (Å²) in [4.78, 5) is 13.7. The molecule has 0 spiro atoms. The first-order valence-electron chi connectivity index (χ1n) is 6.95. The van der Waals surface area contributed by atoms with E-state index in [1.165, 1.54) is 24.9 Å². The maximum Gasteiger partial charge on any atom is 0.248 e. The fraction of sp³-hybridized carbons (Fsp3) is 0.533. The van der Waals surface area contributed by atoms with Gasteiger partial charge in [0.05, 0.1) is 0 Å². The molecule has 104 valence electrons. The lowest BCUT2D eigenvalue weighted by atomic mass is 9.99. The van der Waals surface area contributed by atoms with Crippen LogP contribution in [0.3, 0.4) is 0 Å². The molecule has 1 amide bonds. The average molecular weight is 261 g/mol. The summed E-state index contributed by atoms with van der Waals surface area (Å²) in [6.07, 6.45) is 3.75. The van der Waals surface area contributed by atoms with Crippen molar-refractivity contribution in [2.75, 3.05) is 25.0 Å². The van der Waals surface area contributed by atoms with Gasteiger partial charge in [-0.15, -0.1) is 0 Å². The Morgan fingerprint density at radius 3 is 2.89 bits per heavy atom. The number of benzene rings is 1. The lowest BCUT2D eigenvalue weighted by Gasteiger charge is -2.38. The van der Waals surface area contributed by atoms with Crippen molar-refractivity contribution in [1.82, 2.24) is 5.32 Å². The largest absolute Gasteiger partial charge is 0.367 e. The molecule has 4 heteroatoms. The monoisotopic (exact) mass is 261 g/mol. The number of amides is 1. The van der Waals surface area contributed by atoms with E-state index in [0.29, 0.717) is 11.6 Å². The van der Waals surface area contributed by atoms with Gasteiger partial charge in [0.25, 0.3) is 0 Å². The molecule has 1 atom stereocenters. The Morgan fingerprint density at radius 2 is 2.26 bits per heavy atom. The number of nitrogens with two attached hydrogens (primary N) is 1. The molecule has 1 saturated heterocycles. The first-order chi connectivity index (χ1) is 9.13. The van der Waals surface area contributed by atoms with Gasteiger partial charge in [-0.3, -0.25) is 4.79 Å². The standard InChI is InChI=1S/C15H23N3O/c1-11-9-12(6-7-14(11)15(16)19)18-8-4-3-5-13(18)10-17-2/h6-7,9,13,17H,3-5,8,10H2,1-2H3,(H2,16,19). The number of rotatable bonds is 4. The number of carbonyl (C=O) groups is 1. The summed E-state index contributed by atoms with van der Waals surface area (Å²) in [6, 6.07) is 6.48. The van der Waals surface area contributed by atoms with Crippen LogP contribution < -0.4 is 16.0 Å². The van der Waals surface area contributed by atoms with Crippen LogP contribution in [0.2, 0.25) is 0 Å². The Kier molecular flexibility index (Phi) is 4.43. The van der Waals surface area contributed by atoms with Crippen LogP contribution in [0.1, 0.15) is 35.2 Å². The van der Waals surface area contributed by atoms with Crippen LogP contribution in [-0.2, 0) is 0 Å². The highest BCUT2D eigenvalue weighted by Crippen LogP contribution is 2.26. The fourth-order valence-corrected chi connectivity index (χ4v) is 2.89. The molecule has 4 nitrogen and oxygen atoms in total. The second-order valence-electron chi connectivity index (χ2n) is 5.26. The number of carbonyl (C=O) groups excluding carboxylic acids is 1. The summed E-state index contributed by atoms with van der Waals surface area (Å²) in [5.41, 5.74) is 8.13. The molecule has 19 heavy (non-hydrogen) atoms. The summed E-state index contributed by atoms with van der Waals surface area (Å²) < 4.78 is 0. The first kappa shape index (κ1) is 13.9. The molecule has 3 N–H and O–H groups in total. The first-order valence-corrected chi connectivity index (χ1v) is 6.95. The second-order valence-corrected chi connectivity index (χ2v) is 5.26. The van der Waals surface area contributed by atoms with Gasteiger partial charge in [-0.1, -0.05) is 0 Å². The summed E-state index contributed by atoms with van der Waals surface area (Å²) >= 11 is 0. The van der Waals surface area contributed by atoms with Crippen LogP contribution in [0.25, 0.3) is 0 Å².